The van der Waals surface area contributed by atoms with E-state index in [-0.39, 0.29) is 5.41 Å². The van der Waals surface area contributed by atoms with E-state index in [0.29, 0.717) is 0 Å². The molecule has 1 fully saturated rings. The highest BCUT2D eigenvalue weighted by Crippen LogP contribution is 2.41. The van der Waals surface area contributed by atoms with Crippen molar-refractivity contribution in [2.45, 2.75) is 57.3 Å². The van der Waals surface area contributed by atoms with Crippen LogP contribution in [-0.4, -0.2) is 6.61 Å². The Bertz CT molecular complexity index is 414. The van der Waals surface area contributed by atoms with Gasteiger partial charge in [-0.1, -0.05) is 45.2 Å². The Balaban J connectivity index is 1.92. The fraction of sp³-hybridized carbons (Fsp3) is 0.625. The molecule has 1 aliphatic heterocycles. The van der Waals surface area contributed by atoms with Crippen molar-refractivity contribution in [3.8, 4) is 5.75 Å². The van der Waals surface area contributed by atoms with Crippen LogP contribution in [0.2, 0.25) is 0 Å². The molecule has 0 amide bonds. The molecule has 17 heavy (non-hydrogen) atoms. The van der Waals surface area contributed by atoms with Gasteiger partial charge >= 0.3 is 0 Å². The molecule has 1 aromatic carbocycles. The maximum Gasteiger partial charge on any atom is 0.123 e. The van der Waals surface area contributed by atoms with Gasteiger partial charge in [-0.15, -0.1) is 0 Å². The quantitative estimate of drug-likeness (QED) is 0.694. The minimum Gasteiger partial charge on any atom is -0.492 e. The third-order valence-electron chi connectivity index (χ3n) is 4.40. The molecule has 1 aliphatic carbocycles. The van der Waals surface area contributed by atoms with Gasteiger partial charge < -0.3 is 4.74 Å². The third kappa shape index (κ3) is 1.96. The fourth-order valence-electron chi connectivity index (χ4n) is 3.23. The molecular weight excluding hydrogens is 208 g/mol. The van der Waals surface area contributed by atoms with Crippen LogP contribution in [0.5, 0.6) is 5.75 Å². The van der Waals surface area contributed by atoms with Gasteiger partial charge in [0.1, 0.15) is 5.75 Å². The molecule has 0 bridgehead atoms. The van der Waals surface area contributed by atoms with Crippen LogP contribution in [0.3, 0.4) is 0 Å². The molecule has 3 rings (SSSR count). The normalized spacial score (nSPS) is 23.2. The van der Waals surface area contributed by atoms with Crippen LogP contribution in [-0.2, 0) is 5.41 Å². The topological polar surface area (TPSA) is 9.23 Å². The van der Waals surface area contributed by atoms with Gasteiger partial charge in [-0.25, -0.2) is 0 Å². The van der Waals surface area contributed by atoms with Crippen molar-refractivity contribution in [1.29, 1.82) is 0 Å². The van der Waals surface area contributed by atoms with E-state index >= 15 is 0 Å². The standard InChI is InChI=1S/C16H22O/c1-16(2)11-17-15-9-8-13(10-14(15)16)12-6-4-3-5-7-12/h8-10,12H,3-7,11H2,1-2H3. The average molecular weight is 230 g/mol. The van der Waals surface area contributed by atoms with Crippen LogP contribution in [0, 0.1) is 0 Å². The van der Waals surface area contributed by atoms with Crippen molar-refractivity contribution >= 4 is 0 Å². The smallest absolute Gasteiger partial charge is 0.123 e. The van der Waals surface area contributed by atoms with E-state index in [9.17, 15) is 0 Å². The van der Waals surface area contributed by atoms with E-state index in [0.717, 1.165) is 18.3 Å². The van der Waals surface area contributed by atoms with Gasteiger partial charge in [-0.05, 0) is 30.4 Å². The van der Waals surface area contributed by atoms with Crippen molar-refractivity contribution in [3.05, 3.63) is 29.3 Å². The highest BCUT2D eigenvalue weighted by molar-refractivity contribution is 5.46. The summed E-state index contributed by atoms with van der Waals surface area (Å²) in [5.41, 5.74) is 3.16. The Morgan fingerprint density at radius 1 is 1.12 bits per heavy atom. The van der Waals surface area contributed by atoms with Crippen molar-refractivity contribution in [1.82, 2.24) is 0 Å². The summed E-state index contributed by atoms with van der Waals surface area (Å²) in [7, 11) is 0. The van der Waals surface area contributed by atoms with E-state index in [1.54, 1.807) is 5.56 Å². The molecule has 0 aromatic heterocycles. The minimum atomic E-state index is 0.194. The summed E-state index contributed by atoms with van der Waals surface area (Å²) in [4.78, 5) is 0. The van der Waals surface area contributed by atoms with Crippen LogP contribution >= 0.6 is 0 Å². The van der Waals surface area contributed by atoms with E-state index in [1.165, 1.54) is 37.7 Å². The van der Waals surface area contributed by atoms with Crippen LogP contribution in [0.25, 0.3) is 0 Å². The molecule has 1 heterocycles. The molecule has 0 spiro atoms. The number of ether oxygens (including phenoxy) is 1. The van der Waals surface area contributed by atoms with Crippen molar-refractivity contribution in [2.75, 3.05) is 6.61 Å². The lowest BCUT2D eigenvalue weighted by Crippen LogP contribution is -2.18. The first-order valence-electron chi connectivity index (χ1n) is 6.94. The maximum atomic E-state index is 5.76. The molecule has 0 atom stereocenters. The van der Waals surface area contributed by atoms with Gasteiger partial charge in [-0.3, -0.25) is 0 Å². The second kappa shape index (κ2) is 4.04. The van der Waals surface area contributed by atoms with Crippen molar-refractivity contribution < 1.29 is 4.74 Å². The number of hydrogen-bond donors (Lipinski definition) is 0. The Hall–Kier alpha value is -0.980. The molecule has 2 aliphatic rings. The lowest BCUT2D eigenvalue weighted by atomic mass is 9.80. The summed E-state index contributed by atoms with van der Waals surface area (Å²) in [6, 6.07) is 6.89. The maximum absolute atomic E-state index is 5.76. The van der Waals surface area contributed by atoms with Crippen molar-refractivity contribution in [2.24, 2.45) is 0 Å². The first kappa shape index (κ1) is 11.1. The summed E-state index contributed by atoms with van der Waals surface area (Å²) >= 11 is 0. The Morgan fingerprint density at radius 3 is 2.65 bits per heavy atom. The lowest BCUT2D eigenvalue weighted by molar-refractivity contribution is 0.291. The summed E-state index contributed by atoms with van der Waals surface area (Å²) in [6.07, 6.45) is 6.99. The summed E-state index contributed by atoms with van der Waals surface area (Å²) < 4.78 is 5.76. The van der Waals surface area contributed by atoms with Gasteiger partial charge in [0.25, 0.3) is 0 Å². The van der Waals surface area contributed by atoms with E-state index in [2.05, 4.69) is 32.0 Å². The van der Waals surface area contributed by atoms with Gasteiger partial charge in [0.05, 0.1) is 6.61 Å². The first-order valence-corrected chi connectivity index (χ1v) is 6.94. The summed E-state index contributed by atoms with van der Waals surface area (Å²) in [5.74, 6) is 1.90. The van der Waals surface area contributed by atoms with Gasteiger partial charge in [0, 0.05) is 11.0 Å². The highest BCUT2D eigenvalue weighted by atomic mass is 16.5. The SMILES string of the molecule is CC1(C)COc2ccc(C3CCCCC3)cc21. The molecule has 0 saturated heterocycles. The zero-order chi connectivity index (χ0) is 11.9. The highest BCUT2D eigenvalue weighted by Gasteiger charge is 2.32. The second-order valence-electron chi connectivity index (χ2n) is 6.26. The van der Waals surface area contributed by atoms with E-state index in [1.807, 2.05) is 0 Å². The molecule has 0 unspecified atom stereocenters. The van der Waals surface area contributed by atoms with Gasteiger partial charge in [-0.2, -0.15) is 0 Å². The van der Waals surface area contributed by atoms with Crippen LogP contribution in [0.1, 0.15) is 63.0 Å². The first-order chi connectivity index (χ1) is 8.17. The fourth-order valence-corrected chi connectivity index (χ4v) is 3.23. The molecule has 0 N–H and O–H groups in total. The number of hydrogen-bond acceptors (Lipinski definition) is 1. The van der Waals surface area contributed by atoms with Gasteiger partial charge in [0.2, 0.25) is 0 Å². The lowest BCUT2D eigenvalue weighted by Gasteiger charge is -2.23. The predicted octanol–water partition coefficient (Wildman–Crippen LogP) is 4.40. The molecular formula is C16H22O. The third-order valence-corrected chi connectivity index (χ3v) is 4.40. The monoisotopic (exact) mass is 230 g/mol. The molecule has 1 saturated carbocycles. The Kier molecular flexibility index (Phi) is 2.65. The predicted molar refractivity (Wildman–Crippen MR) is 70.8 cm³/mol. The number of benzene rings is 1. The summed E-state index contributed by atoms with van der Waals surface area (Å²) in [6.45, 7) is 5.39. The second-order valence-corrected chi connectivity index (χ2v) is 6.26. The van der Waals surface area contributed by atoms with Crippen LogP contribution in [0.15, 0.2) is 18.2 Å². The number of fused-ring (bicyclic) bond motifs is 1. The van der Waals surface area contributed by atoms with E-state index < -0.39 is 0 Å². The number of rotatable bonds is 1. The van der Waals surface area contributed by atoms with Gasteiger partial charge in [0.15, 0.2) is 0 Å². The molecule has 1 nitrogen and oxygen atoms in total. The van der Waals surface area contributed by atoms with Crippen molar-refractivity contribution in [3.63, 3.8) is 0 Å². The molecule has 1 heteroatoms. The average Bonchev–Trinajstić information content (AvgIpc) is 2.66. The molecule has 1 aromatic rings. The Labute approximate surface area is 104 Å². The van der Waals surface area contributed by atoms with Crippen LogP contribution in [0.4, 0.5) is 0 Å². The zero-order valence-corrected chi connectivity index (χ0v) is 11.0. The van der Waals surface area contributed by atoms with Crippen LogP contribution < -0.4 is 4.74 Å². The Morgan fingerprint density at radius 2 is 1.88 bits per heavy atom. The largest absolute Gasteiger partial charge is 0.492 e. The minimum absolute atomic E-state index is 0.194. The van der Waals surface area contributed by atoms with E-state index in [4.69, 9.17) is 4.74 Å². The molecule has 92 valence electrons. The summed E-state index contributed by atoms with van der Waals surface area (Å²) in [5, 5.41) is 0. The molecule has 0 radical (unpaired) electrons. The zero-order valence-electron chi connectivity index (χ0n) is 11.0.